The third kappa shape index (κ3) is 2.64. The minimum Gasteiger partial charge on any atom is -0.366 e. The lowest BCUT2D eigenvalue weighted by atomic mass is 9.85. The Morgan fingerprint density at radius 1 is 1.32 bits per heavy atom. The summed E-state index contributed by atoms with van der Waals surface area (Å²) >= 11 is 0. The Hall–Kier alpha value is -1.02. The number of benzene rings is 1. The molecule has 106 valence electrons. The van der Waals surface area contributed by atoms with Gasteiger partial charge in [0.1, 0.15) is 0 Å². The summed E-state index contributed by atoms with van der Waals surface area (Å²) in [7, 11) is 0. The van der Waals surface area contributed by atoms with Crippen molar-refractivity contribution in [1.82, 2.24) is 0 Å². The van der Waals surface area contributed by atoms with Crippen molar-refractivity contribution < 1.29 is 0 Å². The van der Waals surface area contributed by atoms with E-state index in [9.17, 15) is 0 Å². The number of nitrogens with zero attached hydrogens (tertiary/aromatic N) is 1. The lowest BCUT2D eigenvalue weighted by Gasteiger charge is -2.39. The van der Waals surface area contributed by atoms with E-state index in [1.165, 1.54) is 17.7 Å². The predicted molar refractivity (Wildman–Crippen MR) is 83.7 cm³/mol. The van der Waals surface area contributed by atoms with E-state index in [0.29, 0.717) is 11.8 Å². The quantitative estimate of drug-likeness (QED) is 0.893. The molecule has 0 bridgehead atoms. The Morgan fingerprint density at radius 3 is 2.63 bits per heavy atom. The second-order valence-corrected chi connectivity index (χ2v) is 6.58. The minimum absolute atomic E-state index is 0.213. The van der Waals surface area contributed by atoms with Crippen molar-refractivity contribution in [3.63, 3.8) is 0 Å². The number of hydrogen-bond acceptors (Lipinski definition) is 2. The molecule has 2 N–H and O–H groups in total. The van der Waals surface area contributed by atoms with E-state index in [4.69, 9.17) is 5.73 Å². The van der Waals surface area contributed by atoms with Crippen molar-refractivity contribution in [2.24, 2.45) is 11.7 Å². The van der Waals surface area contributed by atoms with Gasteiger partial charge >= 0.3 is 0 Å². The van der Waals surface area contributed by atoms with Crippen molar-refractivity contribution in [3.8, 4) is 0 Å². The van der Waals surface area contributed by atoms with Gasteiger partial charge in [-0.3, -0.25) is 0 Å². The number of anilines is 1. The topological polar surface area (TPSA) is 29.3 Å². The first-order chi connectivity index (χ1) is 8.98. The van der Waals surface area contributed by atoms with Crippen LogP contribution in [0.3, 0.4) is 0 Å². The molecular weight excluding hydrogens is 232 g/mol. The van der Waals surface area contributed by atoms with Crippen LogP contribution < -0.4 is 10.6 Å². The first kappa shape index (κ1) is 14.4. The average molecular weight is 260 g/mol. The van der Waals surface area contributed by atoms with Crippen molar-refractivity contribution >= 4 is 5.69 Å². The van der Waals surface area contributed by atoms with E-state index in [1.54, 1.807) is 0 Å². The molecular formula is C17H28N2. The van der Waals surface area contributed by atoms with Gasteiger partial charge in [-0.2, -0.15) is 0 Å². The van der Waals surface area contributed by atoms with Crippen LogP contribution in [0.25, 0.3) is 0 Å². The number of nitrogens with two attached hydrogens (primary N) is 1. The van der Waals surface area contributed by atoms with Crippen LogP contribution in [0, 0.1) is 5.92 Å². The maximum absolute atomic E-state index is 5.77. The van der Waals surface area contributed by atoms with Crippen molar-refractivity contribution in [3.05, 3.63) is 29.8 Å². The van der Waals surface area contributed by atoms with Crippen LogP contribution in [-0.4, -0.2) is 18.6 Å². The molecule has 2 rings (SSSR count). The molecule has 0 aliphatic carbocycles. The van der Waals surface area contributed by atoms with Crippen molar-refractivity contribution in [1.29, 1.82) is 0 Å². The molecule has 19 heavy (non-hydrogen) atoms. The SMILES string of the molecule is CC(C)c1ccccc1N1CCC(CCN)C1(C)C. The van der Waals surface area contributed by atoms with Gasteiger partial charge in [-0.1, -0.05) is 32.0 Å². The first-order valence-corrected chi connectivity index (χ1v) is 7.55. The molecule has 1 aromatic carbocycles. The van der Waals surface area contributed by atoms with Gasteiger partial charge in [0, 0.05) is 17.8 Å². The molecule has 1 saturated heterocycles. The second-order valence-electron chi connectivity index (χ2n) is 6.58. The molecule has 0 amide bonds. The molecule has 1 aliphatic heterocycles. The molecule has 1 atom stereocenters. The van der Waals surface area contributed by atoms with E-state index >= 15 is 0 Å². The van der Waals surface area contributed by atoms with Gasteiger partial charge in [0.25, 0.3) is 0 Å². The third-order valence-corrected chi connectivity index (χ3v) is 4.76. The van der Waals surface area contributed by atoms with E-state index in [2.05, 4.69) is 56.9 Å². The van der Waals surface area contributed by atoms with Crippen LogP contribution in [0.4, 0.5) is 5.69 Å². The molecule has 0 spiro atoms. The van der Waals surface area contributed by atoms with Gasteiger partial charge in [0.15, 0.2) is 0 Å². The maximum Gasteiger partial charge on any atom is 0.0405 e. The van der Waals surface area contributed by atoms with Gasteiger partial charge in [0.2, 0.25) is 0 Å². The summed E-state index contributed by atoms with van der Waals surface area (Å²) in [4.78, 5) is 2.60. The number of para-hydroxylation sites is 1. The smallest absolute Gasteiger partial charge is 0.0405 e. The molecule has 0 aromatic heterocycles. The van der Waals surface area contributed by atoms with Crippen LogP contribution in [0.15, 0.2) is 24.3 Å². The highest BCUT2D eigenvalue weighted by atomic mass is 15.2. The van der Waals surface area contributed by atoms with Gasteiger partial charge < -0.3 is 10.6 Å². The Balaban J connectivity index is 2.33. The Bertz CT molecular complexity index is 423. The van der Waals surface area contributed by atoms with Crippen LogP contribution in [0.1, 0.15) is 52.0 Å². The predicted octanol–water partition coefficient (Wildman–Crippen LogP) is 3.76. The molecule has 2 nitrogen and oxygen atoms in total. The highest BCUT2D eigenvalue weighted by Crippen LogP contribution is 2.42. The van der Waals surface area contributed by atoms with Gasteiger partial charge in [-0.05, 0) is 56.7 Å². The lowest BCUT2D eigenvalue weighted by molar-refractivity contribution is 0.348. The zero-order chi connectivity index (χ0) is 14.0. The second kappa shape index (κ2) is 5.54. The fourth-order valence-corrected chi connectivity index (χ4v) is 3.50. The van der Waals surface area contributed by atoms with Gasteiger partial charge in [-0.15, -0.1) is 0 Å². The van der Waals surface area contributed by atoms with E-state index < -0.39 is 0 Å². The van der Waals surface area contributed by atoms with Crippen molar-refractivity contribution in [2.45, 2.75) is 52.0 Å². The summed E-state index contributed by atoms with van der Waals surface area (Å²) in [6.45, 7) is 11.3. The third-order valence-electron chi connectivity index (χ3n) is 4.76. The van der Waals surface area contributed by atoms with Crippen LogP contribution in [0.2, 0.25) is 0 Å². The lowest BCUT2D eigenvalue weighted by Crippen LogP contribution is -2.43. The zero-order valence-corrected chi connectivity index (χ0v) is 12.8. The fraction of sp³-hybridized carbons (Fsp3) is 0.647. The molecule has 1 unspecified atom stereocenters. The monoisotopic (exact) mass is 260 g/mol. The molecule has 1 aromatic rings. The highest BCUT2D eigenvalue weighted by molar-refractivity contribution is 5.57. The largest absolute Gasteiger partial charge is 0.366 e. The summed E-state index contributed by atoms with van der Waals surface area (Å²) in [5.74, 6) is 1.28. The summed E-state index contributed by atoms with van der Waals surface area (Å²) in [6, 6.07) is 8.86. The molecule has 0 saturated carbocycles. The summed E-state index contributed by atoms with van der Waals surface area (Å²) in [5.41, 5.74) is 8.87. The van der Waals surface area contributed by atoms with Gasteiger partial charge in [-0.25, -0.2) is 0 Å². The standard InChI is InChI=1S/C17H28N2/c1-13(2)15-7-5-6-8-16(15)19-12-10-14(9-11-18)17(19,3)4/h5-8,13-14H,9-12,18H2,1-4H3. The first-order valence-electron chi connectivity index (χ1n) is 7.55. The Kier molecular flexibility index (Phi) is 4.19. The van der Waals surface area contributed by atoms with E-state index in [1.807, 2.05) is 0 Å². The normalized spacial score (nSPS) is 22.2. The van der Waals surface area contributed by atoms with Crippen LogP contribution in [0.5, 0.6) is 0 Å². The molecule has 1 aliphatic rings. The fourth-order valence-electron chi connectivity index (χ4n) is 3.50. The average Bonchev–Trinajstić information content (AvgIpc) is 2.65. The summed E-state index contributed by atoms with van der Waals surface area (Å²) in [6.07, 6.45) is 2.39. The molecule has 1 heterocycles. The van der Waals surface area contributed by atoms with E-state index in [0.717, 1.165) is 19.5 Å². The Labute approximate surface area is 118 Å². The Morgan fingerprint density at radius 2 is 2.00 bits per heavy atom. The van der Waals surface area contributed by atoms with Gasteiger partial charge in [0.05, 0.1) is 0 Å². The number of rotatable bonds is 4. The maximum atomic E-state index is 5.77. The highest BCUT2D eigenvalue weighted by Gasteiger charge is 2.41. The zero-order valence-electron chi connectivity index (χ0n) is 12.8. The summed E-state index contributed by atoms with van der Waals surface area (Å²) < 4.78 is 0. The van der Waals surface area contributed by atoms with Crippen molar-refractivity contribution in [2.75, 3.05) is 18.0 Å². The summed E-state index contributed by atoms with van der Waals surface area (Å²) in [5, 5.41) is 0. The van der Waals surface area contributed by atoms with E-state index in [-0.39, 0.29) is 5.54 Å². The molecule has 2 heteroatoms. The minimum atomic E-state index is 0.213. The molecule has 0 radical (unpaired) electrons. The molecule has 1 fully saturated rings. The van der Waals surface area contributed by atoms with Crippen LogP contribution in [-0.2, 0) is 0 Å². The number of hydrogen-bond donors (Lipinski definition) is 1. The van der Waals surface area contributed by atoms with Crippen LogP contribution >= 0.6 is 0 Å².